The first-order chi connectivity index (χ1) is 9.34. The SMILES string of the molecule is O=c1ccc2ccccc2n1OCc1ccccn1. The van der Waals surface area contributed by atoms with Gasteiger partial charge in [0.1, 0.15) is 0 Å². The summed E-state index contributed by atoms with van der Waals surface area (Å²) < 4.78 is 1.31. The number of benzene rings is 1. The second-order valence-corrected chi connectivity index (χ2v) is 4.12. The number of hydrogen-bond donors (Lipinski definition) is 0. The molecule has 0 aliphatic carbocycles. The largest absolute Gasteiger partial charge is 0.404 e. The van der Waals surface area contributed by atoms with Gasteiger partial charge in [0.2, 0.25) is 0 Å². The van der Waals surface area contributed by atoms with Gasteiger partial charge in [-0.25, -0.2) is 0 Å². The van der Waals surface area contributed by atoms with E-state index in [1.165, 1.54) is 10.8 Å². The molecule has 4 nitrogen and oxygen atoms in total. The molecule has 0 unspecified atom stereocenters. The highest BCUT2D eigenvalue weighted by Gasteiger charge is 2.03. The molecule has 94 valence electrons. The first-order valence-corrected chi connectivity index (χ1v) is 5.98. The van der Waals surface area contributed by atoms with E-state index in [9.17, 15) is 4.79 Å². The van der Waals surface area contributed by atoms with Gasteiger partial charge in [-0.1, -0.05) is 24.3 Å². The van der Waals surface area contributed by atoms with E-state index in [1.807, 2.05) is 42.5 Å². The molecule has 1 aromatic carbocycles. The molecular weight excluding hydrogens is 240 g/mol. The summed E-state index contributed by atoms with van der Waals surface area (Å²) in [6.45, 7) is 0.259. The Hall–Kier alpha value is -2.62. The van der Waals surface area contributed by atoms with Crippen molar-refractivity contribution in [1.29, 1.82) is 0 Å². The molecule has 0 bridgehead atoms. The standard InChI is InChI=1S/C15H12N2O2/c18-15-9-8-12-5-1-2-7-14(12)17(15)19-11-13-6-3-4-10-16-13/h1-10H,11H2. The average Bonchev–Trinajstić information content (AvgIpc) is 2.47. The van der Waals surface area contributed by atoms with Gasteiger partial charge in [0.15, 0.2) is 6.61 Å². The van der Waals surface area contributed by atoms with Crippen LogP contribution >= 0.6 is 0 Å². The van der Waals surface area contributed by atoms with E-state index in [2.05, 4.69) is 4.98 Å². The van der Waals surface area contributed by atoms with Crippen molar-refractivity contribution in [2.24, 2.45) is 0 Å². The fourth-order valence-corrected chi connectivity index (χ4v) is 1.91. The van der Waals surface area contributed by atoms with Crippen LogP contribution in [0.3, 0.4) is 0 Å². The summed E-state index contributed by atoms with van der Waals surface area (Å²) in [5, 5.41) is 0.961. The van der Waals surface area contributed by atoms with E-state index in [-0.39, 0.29) is 12.2 Å². The number of pyridine rings is 2. The van der Waals surface area contributed by atoms with Gasteiger partial charge in [0.25, 0.3) is 5.56 Å². The van der Waals surface area contributed by atoms with Crippen LogP contribution in [0.2, 0.25) is 0 Å². The van der Waals surface area contributed by atoms with Crippen LogP contribution in [0.25, 0.3) is 10.9 Å². The average molecular weight is 252 g/mol. The van der Waals surface area contributed by atoms with Crippen molar-refractivity contribution < 1.29 is 4.84 Å². The van der Waals surface area contributed by atoms with E-state index in [0.717, 1.165) is 16.6 Å². The van der Waals surface area contributed by atoms with Crippen LogP contribution in [0.4, 0.5) is 0 Å². The summed E-state index contributed by atoms with van der Waals surface area (Å²) in [4.78, 5) is 21.6. The zero-order chi connectivity index (χ0) is 13.1. The first kappa shape index (κ1) is 11.5. The minimum atomic E-state index is -0.186. The predicted octanol–water partition coefficient (Wildman–Crippen LogP) is 2.03. The third kappa shape index (κ3) is 2.33. The van der Waals surface area contributed by atoms with Gasteiger partial charge in [0, 0.05) is 17.6 Å². The van der Waals surface area contributed by atoms with Crippen molar-refractivity contribution in [3.8, 4) is 0 Å². The minimum Gasteiger partial charge on any atom is -0.404 e. The highest BCUT2D eigenvalue weighted by Crippen LogP contribution is 2.10. The topological polar surface area (TPSA) is 44.1 Å². The maximum Gasteiger partial charge on any atom is 0.283 e. The molecular formula is C15H12N2O2. The Labute approximate surface area is 109 Å². The van der Waals surface area contributed by atoms with Crippen molar-refractivity contribution in [3.05, 3.63) is 76.8 Å². The number of nitrogens with zero attached hydrogens (tertiary/aromatic N) is 2. The van der Waals surface area contributed by atoms with Crippen LogP contribution < -0.4 is 10.4 Å². The fourth-order valence-electron chi connectivity index (χ4n) is 1.91. The van der Waals surface area contributed by atoms with Crippen molar-refractivity contribution in [1.82, 2.24) is 9.71 Å². The van der Waals surface area contributed by atoms with Crippen molar-refractivity contribution in [2.45, 2.75) is 6.61 Å². The Morgan fingerprint density at radius 1 is 1.00 bits per heavy atom. The smallest absolute Gasteiger partial charge is 0.283 e. The molecule has 0 N–H and O–H groups in total. The zero-order valence-corrected chi connectivity index (χ0v) is 10.2. The van der Waals surface area contributed by atoms with Crippen LogP contribution in [0, 0.1) is 0 Å². The summed E-state index contributed by atoms with van der Waals surface area (Å²) in [5.41, 5.74) is 1.35. The van der Waals surface area contributed by atoms with Gasteiger partial charge in [0.05, 0.1) is 11.2 Å². The van der Waals surface area contributed by atoms with E-state index in [4.69, 9.17) is 4.84 Å². The molecule has 2 aromatic heterocycles. The molecule has 3 aromatic rings. The molecule has 0 amide bonds. The lowest BCUT2D eigenvalue weighted by molar-refractivity contribution is 0.0970. The molecule has 0 spiro atoms. The Balaban J connectivity index is 1.96. The molecule has 3 rings (SSSR count). The van der Waals surface area contributed by atoms with Gasteiger partial charge < -0.3 is 4.84 Å². The van der Waals surface area contributed by atoms with Crippen LogP contribution in [0.15, 0.2) is 65.6 Å². The van der Waals surface area contributed by atoms with E-state index in [0.29, 0.717) is 0 Å². The maximum atomic E-state index is 11.9. The van der Waals surface area contributed by atoms with E-state index in [1.54, 1.807) is 12.3 Å². The summed E-state index contributed by atoms with van der Waals surface area (Å²) >= 11 is 0. The molecule has 4 heteroatoms. The molecule has 0 aliphatic heterocycles. The zero-order valence-electron chi connectivity index (χ0n) is 10.2. The normalized spacial score (nSPS) is 10.5. The van der Waals surface area contributed by atoms with Gasteiger partial charge in [-0.3, -0.25) is 9.78 Å². The number of hydrogen-bond acceptors (Lipinski definition) is 3. The van der Waals surface area contributed by atoms with Gasteiger partial charge in [-0.05, 0) is 24.3 Å². The maximum absolute atomic E-state index is 11.9. The van der Waals surface area contributed by atoms with Crippen molar-refractivity contribution >= 4 is 10.9 Å². The molecule has 0 saturated carbocycles. The molecule has 0 atom stereocenters. The second kappa shape index (κ2) is 4.94. The minimum absolute atomic E-state index is 0.186. The van der Waals surface area contributed by atoms with Crippen LogP contribution in [-0.4, -0.2) is 9.71 Å². The Bertz CT molecular complexity index is 751. The number of rotatable bonds is 3. The number of para-hydroxylation sites is 1. The summed E-state index contributed by atoms with van der Waals surface area (Å²) in [5.74, 6) is 0. The molecule has 2 heterocycles. The lowest BCUT2D eigenvalue weighted by atomic mass is 10.2. The van der Waals surface area contributed by atoms with Crippen molar-refractivity contribution in [2.75, 3.05) is 0 Å². The van der Waals surface area contributed by atoms with Gasteiger partial charge in [-0.15, -0.1) is 4.73 Å². The third-order valence-corrected chi connectivity index (χ3v) is 2.83. The molecule has 19 heavy (non-hydrogen) atoms. The van der Waals surface area contributed by atoms with Gasteiger partial charge >= 0.3 is 0 Å². The quantitative estimate of drug-likeness (QED) is 0.716. The van der Waals surface area contributed by atoms with Crippen molar-refractivity contribution in [3.63, 3.8) is 0 Å². The molecule has 0 radical (unpaired) electrons. The Morgan fingerprint density at radius 2 is 1.84 bits per heavy atom. The molecule has 0 fully saturated rings. The summed E-state index contributed by atoms with van der Waals surface area (Å²) in [7, 11) is 0. The van der Waals surface area contributed by atoms with Gasteiger partial charge in [-0.2, -0.15) is 0 Å². The molecule has 0 aliphatic rings. The Kier molecular flexibility index (Phi) is 2.98. The van der Waals surface area contributed by atoms with Crippen LogP contribution in [-0.2, 0) is 6.61 Å². The van der Waals surface area contributed by atoms with E-state index < -0.39 is 0 Å². The van der Waals surface area contributed by atoms with Crippen LogP contribution in [0.1, 0.15) is 5.69 Å². The lowest BCUT2D eigenvalue weighted by Crippen LogP contribution is -2.26. The van der Waals surface area contributed by atoms with E-state index >= 15 is 0 Å². The highest BCUT2D eigenvalue weighted by atomic mass is 16.7. The number of aromatic nitrogens is 2. The summed E-state index contributed by atoms with van der Waals surface area (Å²) in [6.07, 6.45) is 1.70. The lowest BCUT2D eigenvalue weighted by Gasteiger charge is -2.10. The van der Waals surface area contributed by atoms with Crippen LogP contribution in [0.5, 0.6) is 0 Å². The number of fused-ring (bicyclic) bond motifs is 1. The fraction of sp³-hybridized carbons (Fsp3) is 0.0667. The second-order valence-electron chi connectivity index (χ2n) is 4.12. The highest BCUT2D eigenvalue weighted by molar-refractivity contribution is 5.78. The summed E-state index contributed by atoms with van der Waals surface area (Å²) in [6, 6.07) is 16.5. The monoisotopic (exact) mass is 252 g/mol. The Morgan fingerprint density at radius 3 is 2.68 bits per heavy atom. The molecule has 0 saturated heterocycles. The first-order valence-electron chi connectivity index (χ1n) is 5.98. The predicted molar refractivity (Wildman–Crippen MR) is 72.7 cm³/mol. The third-order valence-electron chi connectivity index (χ3n) is 2.83.